The second kappa shape index (κ2) is 14.2. The largest absolute Gasteiger partial charge is 0.505 e. The number of carbonyl (C=O) groups excluding carboxylic acids is 3. The first-order valence-corrected chi connectivity index (χ1v) is 12.9. The van der Waals surface area contributed by atoms with Gasteiger partial charge in [-0.15, -0.1) is 0 Å². The number of phenols is 1. The van der Waals surface area contributed by atoms with Gasteiger partial charge in [-0.2, -0.15) is 0 Å². The summed E-state index contributed by atoms with van der Waals surface area (Å²) in [5, 5.41) is 16.2. The molecule has 0 bridgehead atoms. The Morgan fingerprint density at radius 3 is 2.39 bits per heavy atom. The van der Waals surface area contributed by atoms with Crippen molar-refractivity contribution in [1.29, 1.82) is 0 Å². The molecule has 0 aliphatic rings. The molecule has 0 radical (unpaired) electrons. The van der Waals surface area contributed by atoms with Crippen molar-refractivity contribution in [3.8, 4) is 5.75 Å². The van der Waals surface area contributed by atoms with Crippen molar-refractivity contribution in [2.45, 2.75) is 64.1 Å². The van der Waals surface area contributed by atoms with Crippen LogP contribution in [-0.2, 0) is 25.5 Å². The Labute approximate surface area is 233 Å². The number of nitrogens with one attached hydrogen (secondary N) is 2. The molecular weight excluding hydrogens is 533 g/mol. The van der Waals surface area contributed by atoms with Crippen LogP contribution in [-0.4, -0.2) is 54.3 Å². The van der Waals surface area contributed by atoms with Gasteiger partial charge in [-0.25, -0.2) is 4.79 Å². The normalized spacial score (nSPS) is 12.8. The minimum atomic E-state index is -0.991. The zero-order valence-electron chi connectivity index (χ0n) is 22.0. The smallest absolute Gasteiger partial charge is 0.328 e. The maximum atomic E-state index is 12.9. The summed E-state index contributed by atoms with van der Waals surface area (Å²) >= 11 is 12.7. The highest BCUT2D eigenvalue weighted by molar-refractivity contribution is 6.40. The highest BCUT2D eigenvalue weighted by Gasteiger charge is 2.26. The number of hydrogen-bond donors (Lipinski definition) is 4. The molecule has 208 valence electrons. The van der Waals surface area contributed by atoms with Crippen LogP contribution in [0.5, 0.6) is 5.75 Å². The van der Waals surface area contributed by atoms with Crippen molar-refractivity contribution < 1.29 is 29.0 Å². The molecule has 2 aromatic rings. The molecule has 9 nitrogen and oxygen atoms in total. The third-order valence-corrected chi connectivity index (χ3v) is 6.08. The monoisotopic (exact) mass is 567 g/mol. The molecule has 2 aromatic carbocycles. The summed E-state index contributed by atoms with van der Waals surface area (Å²) < 4.78 is 10.1. The van der Waals surface area contributed by atoms with E-state index < -0.39 is 29.3 Å². The fourth-order valence-corrected chi connectivity index (χ4v) is 4.23. The Bertz CT molecular complexity index is 1120. The number of methoxy groups -OCH3 is 1. The van der Waals surface area contributed by atoms with Crippen LogP contribution in [0.2, 0.25) is 10.0 Å². The highest BCUT2D eigenvalue weighted by Crippen LogP contribution is 2.40. The quantitative estimate of drug-likeness (QED) is 0.217. The summed E-state index contributed by atoms with van der Waals surface area (Å²) in [4.78, 5) is 37.1. The molecule has 0 fully saturated rings. The SMILES string of the molecule is COC(=O)[C@H](Cc1ccccc1)NC(=O)c1cc(Cl)c(NCCCC(N)CC(=O)OC(C)(C)C)c(Cl)c1O. The standard InChI is InChI=1S/C27H35Cl2N3O6/c1-27(2,3)38-21(33)14-17(30)11-8-12-31-23-19(28)15-18(24(34)22(23)29)25(35)32-20(26(36)37-4)13-16-9-6-5-7-10-16/h5-7,9-10,15,17,20,31,34H,8,11-14,30H2,1-4H3,(H,32,35)/t17?,20-/m0/s1. The second-order valence-corrected chi connectivity index (χ2v) is 10.6. The molecule has 2 rings (SSSR count). The zero-order valence-corrected chi connectivity index (χ0v) is 23.5. The molecule has 1 amide bonds. The Hall–Kier alpha value is -3.01. The molecular formula is C27H35Cl2N3O6. The predicted molar refractivity (Wildman–Crippen MR) is 148 cm³/mol. The van der Waals surface area contributed by atoms with E-state index in [0.29, 0.717) is 19.4 Å². The first-order chi connectivity index (χ1) is 17.8. The Balaban J connectivity index is 2.01. The van der Waals surface area contributed by atoms with Crippen molar-refractivity contribution in [3.63, 3.8) is 0 Å². The Morgan fingerprint density at radius 1 is 1.13 bits per heavy atom. The summed E-state index contributed by atoms with van der Waals surface area (Å²) in [5.41, 5.74) is 6.33. The van der Waals surface area contributed by atoms with Crippen molar-refractivity contribution in [2.24, 2.45) is 5.73 Å². The summed E-state index contributed by atoms with van der Waals surface area (Å²) in [5.74, 6) is -2.22. The molecule has 0 saturated carbocycles. The van der Waals surface area contributed by atoms with Crippen LogP contribution < -0.4 is 16.4 Å². The van der Waals surface area contributed by atoms with Crippen LogP contribution in [0.1, 0.15) is 56.0 Å². The van der Waals surface area contributed by atoms with E-state index in [1.54, 1.807) is 20.8 Å². The van der Waals surface area contributed by atoms with Gasteiger partial charge < -0.3 is 30.9 Å². The number of phenolic OH excluding ortho intramolecular Hbond substituents is 1. The van der Waals surface area contributed by atoms with E-state index >= 15 is 0 Å². The van der Waals surface area contributed by atoms with Gasteiger partial charge in [0, 0.05) is 19.0 Å². The Kier molecular flexibility index (Phi) is 11.7. The first kappa shape index (κ1) is 31.2. The minimum absolute atomic E-state index is 0.0974. The number of esters is 2. The number of carbonyl (C=O) groups is 3. The molecule has 0 heterocycles. The fraction of sp³-hybridized carbons (Fsp3) is 0.444. The lowest BCUT2D eigenvalue weighted by Gasteiger charge is -2.21. The van der Waals surface area contributed by atoms with E-state index in [1.807, 2.05) is 30.3 Å². The number of amides is 1. The number of halogens is 2. The first-order valence-electron chi connectivity index (χ1n) is 12.2. The topological polar surface area (TPSA) is 140 Å². The molecule has 38 heavy (non-hydrogen) atoms. The molecule has 0 spiro atoms. The second-order valence-electron chi connectivity index (χ2n) is 9.80. The lowest BCUT2D eigenvalue weighted by Crippen LogP contribution is -2.43. The van der Waals surface area contributed by atoms with Crippen LogP contribution in [0, 0.1) is 0 Å². The van der Waals surface area contributed by atoms with Crippen molar-refractivity contribution in [2.75, 3.05) is 19.0 Å². The summed E-state index contributed by atoms with van der Waals surface area (Å²) in [6, 6.07) is 9.01. The van der Waals surface area contributed by atoms with Crippen molar-refractivity contribution >= 4 is 46.7 Å². The van der Waals surface area contributed by atoms with Crippen LogP contribution in [0.15, 0.2) is 36.4 Å². The predicted octanol–water partition coefficient (Wildman–Crippen LogP) is 4.46. The average Bonchev–Trinajstić information content (AvgIpc) is 2.84. The number of anilines is 1. The maximum absolute atomic E-state index is 12.9. The number of aromatic hydroxyl groups is 1. The average molecular weight is 568 g/mol. The Morgan fingerprint density at radius 2 is 1.79 bits per heavy atom. The van der Waals surface area contributed by atoms with E-state index in [9.17, 15) is 19.5 Å². The third kappa shape index (κ3) is 9.70. The van der Waals surface area contributed by atoms with Gasteiger partial charge >= 0.3 is 11.9 Å². The highest BCUT2D eigenvalue weighted by atomic mass is 35.5. The molecule has 0 saturated heterocycles. The zero-order chi connectivity index (χ0) is 28.5. The van der Waals surface area contributed by atoms with Crippen molar-refractivity contribution in [1.82, 2.24) is 5.32 Å². The minimum Gasteiger partial charge on any atom is -0.505 e. The van der Waals surface area contributed by atoms with Gasteiger partial charge in [0.25, 0.3) is 5.91 Å². The van der Waals surface area contributed by atoms with Crippen molar-refractivity contribution in [3.05, 3.63) is 57.6 Å². The molecule has 2 atom stereocenters. The number of nitrogens with two attached hydrogens (primary N) is 1. The molecule has 0 aliphatic carbocycles. The van der Waals surface area contributed by atoms with Gasteiger partial charge in [-0.05, 0) is 45.2 Å². The van der Waals surface area contributed by atoms with Gasteiger partial charge in [0.05, 0.1) is 29.8 Å². The summed E-state index contributed by atoms with van der Waals surface area (Å²) in [6.45, 7) is 5.77. The molecule has 5 N–H and O–H groups in total. The molecule has 0 aliphatic heterocycles. The maximum Gasteiger partial charge on any atom is 0.328 e. The van der Waals surface area contributed by atoms with Crippen LogP contribution in [0.25, 0.3) is 0 Å². The van der Waals surface area contributed by atoms with E-state index in [-0.39, 0.29) is 46.1 Å². The number of benzene rings is 2. The van der Waals surface area contributed by atoms with E-state index in [4.69, 9.17) is 38.4 Å². The van der Waals surface area contributed by atoms with E-state index in [0.717, 1.165) is 5.56 Å². The van der Waals surface area contributed by atoms with Gasteiger partial charge in [0.1, 0.15) is 22.4 Å². The van der Waals surface area contributed by atoms with Crippen LogP contribution >= 0.6 is 23.2 Å². The lowest BCUT2D eigenvalue weighted by atomic mass is 10.0. The van der Waals surface area contributed by atoms with Crippen LogP contribution in [0.3, 0.4) is 0 Å². The summed E-state index contributed by atoms with van der Waals surface area (Å²) in [6.07, 6.45) is 1.40. The van der Waals surface area contributed by atoms with Gasteiger partial charge in [0.2, 0.25) is 0 Å². The van der Waals surface area contributed by atoms with Gasteiger partial charge in [0.15, 0.2) is 0 Å². The fourth-order valence-electron chi connectivity index (χ4n) is 3.64. The van der Waals surface area contributed by atoms with E-state index in [1.165, 1.54) is 13.2 Å². The summed E-state index contributed by atoms with van der Waals surface area (Å²) in [7, 11) is 1.22. The number of ether oxygens (including phenoxy) is 2. The third-order valence-electron chi connectivity index (χ3n) is 5.41. The number of hydrogen-bond acceptors (Lipinski definition) is 8. The van der Waals surface area contributed by atoms with Gasteiger partial charge in [-0.3, -0.25) is 9.59 Å². The molecule has 1 unspecified atom stereocenters. The lowest BCUT2D eigenvalue weighted by molar-refractivity contribution is -0.155. The van der Waals surface area contributed by atoms with E-state index in [2.05, 4.69) is 10.6 Å². The molecule has 11 heteroatoms. The number of rotatable bonds is 12. The van der Waals surface area contributed by atoms with Crippen LogP contribution in [0.4, 0.5) is 5.69 Å². The van der Waals surface area contributed by atoms with Gasteiger partial charge in [-0.1, -0.05) is 53.5 Å². The molecule has 0 aromatic heterocycles.